The van der Waals surface area contributed by atoms with Crippen molar-refractivity contribution in [3.8, 4) is 16.3 Å². The third kappa shape index (κ3) is 3.15. The molecule has 0 aliphatic carbocycles. The van der Waals surface area contributed by atoms with Crippen LogP contribution in [0.15, 0.2) is 58.4 Å². The van der Waals surface area contributed by atoms with E-state index in [4.69, 9.17) is 0 Å². The first-order valence-electron chi connectivity index (χ1n) is 6.85. The fourth-order valence-corrected chi connectivity index (χ4v) is 3.57. The summed E-state index contributed by atoms with van der Waals surface area (Å²) in [6.45, 7) is 0. The van der Waals surface area contributed by atoms with Crippen LogP contribution in [-0.4, -0.2) is 10.5 Å². The zero-order chi connectivity index (χ0) is 15.5. The van der Waals surface area contributed by atoms with Gasteiger partial charge in [-0.1, -0.05) is 28.1 Å². The number of carbonyl (C=O) groups is 1. The number of benzene rings is 1. The monoisotopic (exact) mass is 374 g/mol. The molecular formula is C17H13BrNO2S-. The number of carboxylic acid groups (broad SMARTS) is 1. The van der Waals surface area contributed by atoms with Gasteiger partial charge in [-0.3, -0.25) is 0 Å². The fraction of sp³-hybridized carbons (Fsp3) is 0.118. The van der Waals surface area contributed by atoms with Crippen LogP contribution in [0.4, 0.5) is 0 Å². The van der Waals surface area contributed by atoms with Gasteiger partial charge in [0, 0.05) is 21.8 Å². The summed E-state index contributed by atoms with van der Waals surface area (Å²) in [4.78, 5) is 11.9. The van der Waals surface area contributed by atoms with Crippen LogP contribution in [0.25, 0.3) is 16.3 Å². The molecule has 3 rings (SSSR count). The summed E-state index contributed by atoms with van der Waals surface area (Å²) in [5.41, 5.74) is 3.04. The number of aromatic nitrogens is 1. The van der Waals surface area contributed by atoms with Gasteiger partial charge >= 0.3 is 0 Å². The summed E-state index contributed by atoms with van der Waals surface area (Å²) >= 11 is 5.16. The predicted octanol–water partition coefficient (Wildman–Crippen LogP) is 3.65. The van der Waals surface area contributed by atoms with E-state index in [1.165, 1.54) is 0 Å². The Morgan fingerprint density at radius 2 is 2.05 bits per heavy atom. The zero-order valence-electron chi connectivity index (χ0n) is 11.7. The van der Waals surface area contributed by atoms with Gasteiger partial charge in [0.25, 0.3) is 0 Å². The Bertz CT molecular complexity index is 793. The first-order valence-corrected chi connectivity index (χ1v) is 8.53. The van der Waals surface area contributed by atoms with Crippen molar-refractivity contribution in [2.24, 2.45) is 0 Å². The van der Waals surface area contributed by atoms with Gasteiger partial charge in [-0.25, -0.2) is 0 Å². The van der Waals surface area contributed by atoms with E-state index in [0.717, 1.165) is 26.4 Å². The molecule has 22 heavy (non-hydrogen) atoms. The minimum atomic E-state index is -1.03. The Morgan fingerprint density at radius 3 is 2.73 bits per heavy atom. The van der Waals surface area contributed by atoms with E-state index >= 15 is 0 Å². The minimum absolute atomic E-state index is 0.0158. The number of rotatable bonds is 5. The maximum Gasteiger partial charge on any atom is 0.0631 e. The first kappa shape index (κ1) is 15.1. The van der Waals surface area contributed by atoms with E-state index in [1.54, 1.807) is 11.3 Å². The molecule has 3 nitrogen and oxygen atoms in total. The number of carbonyl (C=O) groups excluding carboxylic acids is 1. The summed E-state index contributed by atoms with van der Waals surface area (Å²) in [5.74, 6) is -1.03. The molecule has 2 heterocycles. The van der Waals surface area contributed by atoms with Gasteiger partial charge in [-0.05, 0) is 54.6 Å². The number of hydrogen-bond acceptors (Lipinski definition) is 3. The standard InChI is InChI=1S/C17H14BrNO2S/c18-12-3-1-4-14(11-12)19-13(7-9-17(20)21)6-8-15(19)16-5-2-10-22-16/h1-6,8,10-11H,7,9H2,(H,20,21)/p-1. The second kappa shape index (κ2) is 6.50. The lowest BCUT2D eigenvalue weighted by Gasteiger charge is -2.14. The normalized spacial score (nSPS) is 10.8. The Labute approximate surface area is 141 Å². The van der Waals surface area contributed by atoms with E-state index in [0.29, 0.717) is 6.42 Å². The summed E-state index contributed by atoms with van der Waals surface area (Å²) in [7, 11) is 0. The lowest BCUT2D eigenvalue weighted by atomic mass is 10.2. The molecule has 112 valence electrons. The highest BCUT2D eigenvalue weighted by Crippen LogP contribution is 2.31. The Balaban J connectivity index is 2.10. The molecule has 0 atom stereocenters. The SMILES string of the molecule is O=C([O-])CCc1ccc(-c2cccs2)n1-c1cccc(Br)c1. The third-order valence-corrected chi connectivity index (χ3v) is 4.77. The van der Waals surface area contributed by atoms with Crippen molar-refractivity contribution >= 4 is 33.2 Å². The Hall–Kier alpha value is -1.85. The summed E-state index contributed by atoms with van der Waals surface area (Å²) in [5, 5.41) is 12.8. The lowest BCUT2D eigenvalue weighted by Crippen LogP contribution is -2.22. The molecule has 0 bridgehead atoms. The maximum absolute atomic E-state index is 10.8. The molecule has 0 spiro atoms. The zero-order valence-corrected chi connectivity index (χ0v) is 14.1. The summed E-state index contributed by atoms with van der Waals surface area (Å²) < 4.78 is 3.10. The average molecular weight is 375 g/mol. The average Bonchev–Trinajstić information content (AvgIpc) is 3.14. The molecule has 0 saturated carbocycles. The van der Waals surface area contributed by atoms with E-state index in [9.17, 15) is 9.90 Å². The van der Waals surface area contributed by atoms with Crippen LogP contribution in [-0.2, 0) is 11.2 Å². The molecule has 0 aliphatic heterocycles. The molecular weight excluding hydrogens is 362 g/mol. The second-order valence-corrected chi connectivity index (χ2v) is 6.74. The van der Waals surface area contributed by atoms with Gasteiger partial charge < -0.3 is 14.5 Å². The van der Waals surface area contributed by atoms with Crippen LogP contribution in [0.5, 0.6) is 0 Å². The smallest absolute Gasteiger partial charge is 0.0631 e. The molecule has 1 aromatic carbocycles. The van der Waals surface area contributed by atoms with Gasteiger partial charge in [0.15, 0.2) is 0 Å². The number of aryl methyl sites for hydroxylation is 1. The van der Waals surface area contributed by atoms with Crippen molar-refractivity contribution in [3.05, 3.63) is 64.1 Å². The van der Waals surface area contributed by atoms with Gasteiger partial charge in [0.1, 0.15) is 0 Å². The fourth-order valence-electron chi connectivity index (χ4n) is 2.44. The highest BCUT2D eigenvalue weighted by Gasteiger charge is 2.13. The van der Waals surface area contributed by atoms with Crippen molar-refractivity contribution in [1.82, 2.24) is 4.57 Å². The van der Waals surface area contributed by atoms with Gasteiger partial charge in [0.05, 0.1) is 10.6 Å². The van der Waals surface area contributed by atoms with Gasteiger partial charge in [0.2, 0.25) is 0 Å². The largest absolute Gasteiger partial charge is 0.550 e. The molecule has 0 N–H and O–H groups in total. The van der Waals surface area contributed by atoms with Gasteiger partial charge in [-0.2, -0.15) is 0 Å². The molecule has 0 unspecified atom stereocenters. The van der Waals surface area contributed by atoms with E-state index in [-0.39, 0.29) is 6.42 Å². The van der Waals surface area contributed by atoms with Crippen molar-refractivity contribution in [2.75, 3.05) is 0 Å². The van der Waals surface area contributed by atoms with Crippen LogP contribution in [0.3, 0.4) is 0 Å². The third-order valence-electron chi connectivity index (χ3n) is 3.39. The predicted molar refractivity (Wildman–Crippen MR) is 90.1 cm³/mol. The molecule has 0 aliphatic rings. The Kier molecular flexibility index (Phi) is 4.45. The van der Waals surface area contributed by atoms with Crippen LogP contribution in [0.1, 0.15) is 12.1 Å². The van der Waals surface area contributed by atoms with Crippen LogP contribution in [0, 0.1) is 0 Å². The molecule has 0 radical (unpaired) electrons. The van der Waals surface area contributed by atoms with Crippen molar-refractivity contribution in [2.45, 2.75) is 12.8 Å². The second-order valence-electron chi connectivity index (χ2n) is 4.87. The van der Waals surface area contributed by atoms with E-state index in [1.807, 2.05) is 47.8 Å². The number of nitrogens with zero attached hydrogens (tertiary/aromatic N) is 1. The molecule has 0 fully saturated rings. The maximum atomic E-state index is 10.8. The number of aliphatic carboxylic acids is 1. The lowest BCUT2D eigenvalue weighted by molar-refractivity contribution is -0.305. The molecule has 5 heteroatoms. The Morgan fingerprint density at radius 1 is 1.18 bits per heavy atom. The van der Waals surface area contributed by atoms with Crippen molar-refractivity contribution in [3.63, 3.8) is 0 Å². The van der Waals surface area contributed by atoms with Crippen LogP contribution in [0.2, 0.25) is 0 Å². The molecule has 2 aromatic heterocycles. The number of carboxylic acids is 1. The molecule has 3 aromatic rings. The quantitative estimate of drug-likeness (QED) is 0.683. The minimum Gasteiger partial charge on any atom is -0.550 e. The van der Waals surface area contributed by atoms with Crippen molar-refractivity contribution < 1.29 is 9.90 Å². The topological polar surface area (TPSA) is 45.1 Å². The molecule has 0 saturated heterocycles. The highest BCUT2D eigenvalue weighted by molar-refractivity contribution is 9.10. The summed E-state index contributed by atoms with van der Waals surface area (Å²) in [6, 6.07) is 16.1. The van der Waals surface area contributed by atoms with Gasteiger partial charge in [-0.15, -0.1) is 11.3 Å². The number of thiophene rings is 1. The van der Waals surface area contributed by atoms with Crippen LogP contribution < -0.4 is 5.11 Å². The van der Waals surface area contributed by atoms with Crippen molar-refractivity contribution in [1.29, 1.82) is 0 Å². The highest BCUT2D eigenvalue weighted by atomic mass is 79.9. The van der Waals surface area contributed by atoms with Crippen LogP contribution >= 0.6 is 27.3 Å². The summed E-state index contributed by atoms with van der Waals surface area (Å²) in [6.07, 6.45) is 0.460. The molecule has 0 amide bonds. The van der Waals surface area contributed by atoms with E-state index in [2.05, 4.69) is 26.6 Å². The van der Waals surface area contributed by atoms with E-state index < -0.39 is 5.97 Å². The number of hydrogen-bond donors (Lipinski definition) is 0. The first-order chi connectivity index (χ1) is 10.6. The number of halogens is 1.